The molecule has 2 aliphatic heterocycles. The fraction of sp³-hybridized carbons (Fsp3) is 1.00. The van der Waals surface area contributed by atoms with Gasteiger partial charge in [0.15, 0.2) is 0 Å². The Hall–Kier alpha value is -0.0800. The van der Waals surface area contributed by atoms with Gasteiger partial charge >= 0.3 is 0 Å². The van der Waals surface area contributed by atoms with E-state index in [0.29, 0.717) is 0 Å². The van der Waals surface area contributed by atoms with Crippen molar-refractivity contribution in [2.75, 3.05) is 13.1 Å². The molecule has 4 bridgehead atoms. The molecule has 2 saturated heterocycles. The third kappa shape index (κ3) is 1.67. The fourth-order valence-electron chi connectivity index (χ4n) is 5.12. The first-order valence-electron chi connectivity index (χ1n) is 7.60. The summed E-state index contributed by atoms with van der Waals surface area (Å²) in [5.41, 5.74) is 0.357. The van der Waals surface area contributed by atoms with E-state index in [0.717, 1.165) is 24.9 Å². The molecule has 17 heavy (non-hydrogen) atoms. The molecule has 0 N–H and O–H groups in total. The summed E-state index contributed by atoms with van der Waals surface area (Å²) in [4.78, 5) is 2.59. The van der Waals surface area contributed by atoms with Gasteiger partial charge < -0.3 is 4.74 Å². The largest absolute Gasteiger partial charge is 0.354 e. The van der Waals surface area contributed by atoms with E-state index in [-0.39, 0.29) is 11.3 Å². The van der Waals surface area contributed by atoms with Crippen LogP contribution in [-0.4, -0.2) is 29.3 Å². The zero-order chi connectivity index (χ0) is 12.1. The zero-order valence-electron chi connectivity index (χ0n) is 11.7. The fourth-order valence-corrected chi connectivity index (χ4v) is 5.12. The Bertz CT molecular complexity index is 283. The van der Waals surface area contributed by atoms with E-state index in [9.17, 15) is 0 Å². The van der Waals surface area contributed by atoms with Crippen LogP contribution in [0.5, 0.6) is 0 Å². The standard InChI is InChI=1S/C15H27NO/c1-4-14-8-12-7-13(9-14)11-15(10-12,17-14)16(5-2)6-3/h12-13H,4-11H2,1-3H3/t12-,13+,14+,15-. The van der Waals surface area contributed by atoms with Crippen molar-refractivity contribution in [2.24, 2.45) is 11.8 Å². The van der Waals surface area contributed by atoms with Crippen LogP contribution in [0.15, 0.2) is 0 Å². The number of ether oxygens (including phenoxy) is 1. The van der Waals surface area contributed by atoms with Crippen LogP contribution < -0.4 is 0 Å². The minimum Gasteiger partial charge on any atom is -0.354 e. The third-order valence-electron chi connectivity index (χ3n) is 5.59. The van der Waals surface area contributed by atoms with Crippen LogP contribution in [0, 0.1) is 11.8 Å². The zero-order valence-corrected chi connectivity index (χ0v) is 11.7. The summed E-state index contributed by atoms with van der Waals surface area (Å²) in [7, 11) is 0. The summed E-state index contributed by atoms with van der Waals surface area (Å²) >= 11 is 0. The molecule has 4 atom stereocenters. The van der Waals surface area contributed by atoms with Gasteiger partial charge in [-0.05, 0) is 63.5 Å². The summed E-state index contributed by atoms with van der Waals surface area (Å²) in [6.45, 7) is 9.16. The van der Waals surface area contributed by atoms with Gasteiger partial charge in [-0.1, -0.05) is 20.8 Å². The van der Waals surface area contributed by atoms with E-state index in [4.69, 9.17) is 4.74 Å². The Balaban J connectivity index is 1.91. The second-order valence-corrected chi connectivity index (χ2v) is 6.54. The molecule has 0 aromatic carbocycles. The van der Waals surface area contributed by atoms with Crippen molar-refractivity contribution in [1.82, 2.24) is 4.90 Å². The Morgan fingerprint density at radius 2 is 1.59 bits per heavy atom. The van der Waals surface area contributed by atoms with E-state index in [1.165, 1.54) is 38.5 Å². The summed E-state index contributed by atoms with van der Waals surface area (Å²) in [6, 6.07) is 0. The van der Waals surface area contributed by atoms with Gasteiger partial charge in [-0.25, -0.2) is 0 Å². The molecule has 0 radical (unpaired) electrons. The lowest BCUT2D eigenvalue weighted by Gasteiger charge is -2.64. The molecular formula is C15H27NO. The predicted molar refractivity (Wildman–Crippen MR) is 69.8 cm³/mol. The molecule has 4 fully saturated rings. The normalized spacial score (nSPS) is 48.0. The van der Waals surface area contributed by atoms with Gasteiger partial charge in [0.1, 0.15) is 5.72 Å². The molecule has 98 valence electrons. The Morgan fingerprint density at radius 1 is 1.00 bits per heavy atom. The second-order valence-electron chi connectivity index (χ2n) is 6.54. The molecule has 2 heteroatoms. The average Bonchev–Trinajstić information content (AvgIpc) is 2.28. The first-order valence-corrected chi connectivity index (χ1v) is 7.60. The second kappa shape index (κ2) is 3.96. The highest BCUT2D eigenvalue weighted by Gasteiger charge is 2.59. The smallest absolute Gasteiger partial charge is 0.122 e. The number of nitrogens with zero attached hydrogens (tertiary/aromatic N) is 1. The van der Waals surface area contributed by atoms with Crippen molar-refractivity contribution in [3.05, 3.63) is 0 Å². The maximum Gasteiger partial charge on any atom is 0.122 e. The summed E-state index contributed by atoms with van der Waals surface area (Å²) < 4.78 is 6.72. The van der Waals surface area contributed by atoms with Gasteiger partial charge in [0.05, 0.1) is 5.60 Å². The SMILES string of the molecule is CCN(CC)[C@]12C[C@@H]3C[C@@H](C[C@](CC)(C3)O1)C2. The van der Waals surface area contributed by atoms with E-state index in [1.807, 2.05) is 0 Å². The van der Waals surface area contributed by atoms with Crippen molar-refractivity contribution in [3.63, 3.8) is 0 Å². The van der Waals surface area contributed by atoms with Crippen molar-refractivity contribution < 1.29 is 4.74 Å². The van der Waals surface area contributed by atoms with Crippen LogP contribution in [0.4, 0.5) is 0 Å². The van der Waals surface area contributed by atoms with Gasteiger partial charge in [0.2, 0.25) is 0 Å². The first kappa shape index (κ1) is 12.0. The molecule has 2 saturated carbocycles. The average molecular weight is 237 g/mol. The van der Waals surface area contributed by atoms with Crippen LogP contribution in [0.3, 0.4) is 0 Å². The molecule has 0 aromatic rings. The highest BCUT2D eigenvalue weighted by atomic mass is 16.5. The maximum atomic E-state index is 6.72. The van der Waals surface area contributed by atoms with Gasteiger partial charge in [0.25, 0.3) is 0 Å². The van der Waals surface area contributed by atoms with Crippen LogP contribution in [0.25, 0.3) is 0 Å². The lowest BCUT2D eigenvalue weighted by atomic mass is 9.59. The third-order valence-corrected chi connectivity index (χ3v) is 5.59. The van der Waals surface area contributed by atoms with Crippen LogP contribution in [0.2, 0.25) is 0 Å². The molecule has 0 spiro atoms. The Morgan fingerprint density at radius 3 is 2.06 bits per heavy atom. The topological polar surface area (TPSA) is 12.5 Å². The van der Waals surface area contributed by atoms with Crippen molar-refractivity contribution >= 4 is 0 Å². The molecule has 4 rings (SSSR count). The van der Waals surface area contributed by atoms with Crippen molar-refractivity contribution in [2.45, 2.75) is 70.6 Å². The molecule has 0 unspecified atom stereocenters. The molecule has 0 aromatic heterocycles. The highest BCUT2D eigenvalue weighted by Crippen LogP contribution is 2.59. The molecule has 4 aliphatic rings. The van der Waals surface area contributed by atoms with Gasteiger partial charge in [-0.3, -0.25) is 4.90 Å². The number of hydrogen-bond donors (Lipinski definition) is 0. The maximum absolute atomic E-state index is 6.72. The summed E-state index contributed by atoms with van der Waals surface area (Å²) in [5, 5.41) is 0. The number of rotatable bonds is 4. The van der Waals surface area contributed by atoms with Gasteiger partial charge in [0, 0.05) is 0 Å². The lowest BCUT2D eigenvalue weighted by Crippen LogP contribution is -2.67. The van der Waals surface area contributed by atoms with E-state index in [1.54, 1.807) is 0 Å². The van der Waals surface area contributed by atoms with Crippen LogP contribution in [0.1, 0.15) is 59.3 Å². The molecule has 0 amide bonds. The van der Waals surface area contributed by atoms with Gasteiger partial charge in [-0.15, -0.1) is 0 Å². The van der Waals surface area contributed by atoms with E-state index in [2.05, 4.69) is 25.7 Å². The molecule has 2 nitrogen and oxygen atoms in total. The Kier molecular flexibility index (Phi) is 2.79. The van der Waals surface area contributed by atoms with E-state index < -0.39 is 0 Å². The van der Waals surface area contributed by atoms with Crippen molar-refractivity contribution in [1.29, 1.82) is 0 Å². The highest BCUT2D eigenvalue weighted by molar-refractivity contribution is 5.07. The quantitative estimate of drug-likeness (QED) is 0.743. The van der Waals surface area contributed by atoms with Crippen molar-refractivity contribution in [3.8, 4) is 0 Å². The monoisotopic (exact) mass is 237 g/mol. The molecule has 2 aliphatic carbocycles. The lowest BCUT2D eigenvalue weighted by molar-refractivity contribution is -0.325. The minimum atomic E-state index is 0.115. The van der Waals surface area contributed by atoms with E-state index >= 15 is 0 Å². The number of hydrogen-bond acceptors (Lipinski definition) is 2. The first-order chi connectivity index (χ1) is 8.15. The Labute approximate surface area is 106 Å². The summed E-state index contributed by atoms with van der Waals surface area (Å²) in [6.07, 6.45) is 7.96. The molecule has 2 heterocycles. The van der Waals surface area contributed by atoms with Crippen LogP contribution in [-0.2, 0) is 4.74 Å². The van der Waals surface area contributed by atoms with Crippen LogP contribution >= 0.6 is 0 Å². The predicted octanol–water partition coefficient (Wildman–Crippen LogP) is 3.41. The summed E-state index contributed by atoms with van der Waals surface area (Å²) in [5.74, 6) is 1.88. The molecular weight excluding hydrogens is 210 g/mol. The minimum absolute atomic E-state index is 0.115. The van der Waals surface area contributed by atoms with Gasteiger partial charge in [-0.2, -0.15) is 0 Å².